The van der Waals surface area contributed by atoms with Crippen molar-refractivity contribution in [3.63, 3.8) is 0 Å². The summed E-state index contributed by atoms with van der Waals surface area (Å²) in [5, 5.41) is 37.7. The van der Waals surface area contributed by atoms with Crippen LogP contribution in [0, 0.1) is 16.0 Å². The minimum Gasteiger partial charge on any atom is -0.506 e. The Morgan fingerprint density at radius 2 is 1.00 bits per heavy atom. The van der Waals surface area contributed by atoms with E-state index in [0.29, 0.717) is 30.8 Å². The van der Waals surface area contributed by atoms with Crippen LogP contribution in [0.2, 0.25) is 0 Å². The number of nitro benzene ring substituents is 1. The molecule has 3 aromatic rings. The van der Waals surface area contributed by atoms with Gasteiger partial charge in [0.1, 0.15) is 22.8 Å². The zero-order chi connectivity index (χ0) is 49.8. The van der Waals surface area contributed by atoms with E-state index in [0.717, 1.165) is 59.4 Å². The molecule has 2 unspecified atom stereocenters. The molecular weight excluding hydrogens is 889 g/mol. The summed E-state index contributed by atoms with van der Waals surface area (Å²) in [4.78, 5) is 16.8. The van der Waals surface area contributed by atoms with Crippen LogP contribution in [-0.2, 0) is 27.3 Å². The molecule has 0 aliphatic carbocycles. The van der Waals surface area contributed by atoms with Gasteiger partial charge in [-0.25, -0.2) is 0 Å². The SMILES string of the molecule is CCCCCCCCOc1c(C(C)(C)C)cc(C(O)(c2cc(C(C)(C)C)c(OCCCCCCCC)c(C(C)(C)C)c2)C(N=Cc2cc([N+](=O)[O-])cc(Br)c2O)C(C)CC)cc1C(C)(C)C. The molecule has 0 bridgehead atoms. The molecule has 0 spiro atoms. The molecule has 0 aromatic heterocycles. The Morgan fingerprint density at radius 1 is 0.636 bits per heavy atom. The number of halogens is 1. The maximum Gasteiger partial charge on any atom is 0.271 e. The van der Waals surface area contributed by atoms with Gasteiger partial charge in [-0.2, -0.15) is 0 Å². The maximum absolute atomic E-state index is 14.5. The molecule has 66 heavy (non-hydrogen) atoms. The van der Waals surface area contributed by atoms with Crippen LogP contribution in [0.4, 0.5) is 5.69 Å². The van der Waals surface area contributed by atoms with E-state index in [4.69, 9.17) is 14.5 Å². The van der Waals surface area contributed by atoms with Crippen molar-refractivity contribution < 1.29 is 24.6 Å². The van der Waals surface area contributed by atoms with Crippen molar-refractivity contribution >= 4 is 27.8 Å². The van der Waals surface area contributed by atoms with Crippen LogP contribution in [-0.4, -0.2) is 40.6 Å². The number of non-ortho nitro benzene ring substituents is 1. The van der Waals surface area contributed by atoms with Crippen molar-refractivity contribution in [1.29, 1.82) is 0 Å². The molecule has 370 valence electrons. The number of ether oxygens (including phenoxy) is 2. The van der Waals surface area contributed by atoms with Crippen LogP contribution in [0.3, 0.4) is 0 Å². The van der Waals surface area contributed by atoms with Crippen LogP contribution in [0.5, 0.6) is 17.2 Å². The van der Waals surface area contributed by atoms with Gasteiger partial charge in [-0.1, -0.05) is 181 Å². The summed E-state index contributed by atoms with van der Waals surface area (Å²) in [6, 6.07) is 10.4. The summed E-state index contributed by atoms with van der Waals surface area (Å²) in [7, 11) is 0. The number of phenolic OH excluding ortho intramolecular Hbond substituents is 1. The number of rotatable bonds is 24. The molecule has 3 aromatic carbocycles. The van der Waals surface area contributed by atoms with Crippen molar-refractivity contribution in [2.24, 2.45) is 10.9 Å². The number of unbranched alkanes of at least 4 members (excludes halogenated alkanes) is 10. The summed E-state index contributed by atoms with van der Waals surface area (Å²) in [6.07, 6.45) is 16.1. The highest BCUT2D eigenvalue weighted by molar-refractivity contribution is 9.10. The summed E-state index contributed by atoms with van der Waals surface area (Å²) in [5.74, 6) is 1.38. The van der Waals surface area contributed by atoms with Crippen LogP contribution >= 0.6 is 15.9 Å². The van der Waals surface area contributed by atoms with E-state index in [1.807, 2.05) is 0 Å². The predicted octanol–water partition coefficient (Wildman–Crippen LogP) is 16.5. The van der Waals surface area contributed by atoms with Crippen LogP contribution in [0.15, 0.2) is 45.9 Å². The minimum absolute atomic E-state index is 0.162. The van der Waals surface area contributed by atoms with Gasteiger partial charge in [-0.15, -0.1) is 0 Å². The summed E-state index contributed by atoms with van der Waals surface area (Å²) < 4.78 is 14.0. The van der Waals surface area contributed by atoms with Gasteiger partial charge in [0.15, 0.2) is 0 Å². The van der Waals surface area contributed by atoms with Crippen LogP contribution in [0.25, 0.3) is 0 Å². The van der Waals surface area contributed by atoms with Gasteiger partial charge < -0.3 is 19.7 Å². The molecule has 2 atom stereocenters. The Labute approximate surface area is 409 Å². The third kappa shape index (κ3) is 15.0. The van der Waals surface area contributed by atoms with E-state index < -0.39 is 16.6 Å². The number of aliphatic imine (C=N–C) groups is 1. The number of nitro groups is 1. The Kier molecular flexibility index (Phi) is 20.9. The molecule has 0 saturated heterocycles. The fourth-order valence-corrected chi connectivity index (χ4v) is 9.18. The maximum atomic E-state index is 14.5. The first-order valence-corrected chi connectivity index (χ1v) is 26.0. The quantitative estimate of drug-likeness (QED) is 0.0400. The number of hydrogen-bond acceptors (Lipinski definition) is 7. The van der Waals surface area contributed by atoms with Crippen molar-refractivity contribution in [3.05, 3.63) is 89.9 Å². The summed E-state index contributed by atoms with van der Waals surface area (Å²) in [5.41, 5.74) is 2.17. The molecule has 9 heteroatoms. The average molecular weight is 978 g/mol. The summed E-state index contributed by atoms with van der Waals surface area (Å²) in [6.45, 7) is 36.3. The number of aromatic hydroxyl groups is 1. The van der Waals surface area contributed by atoms with Crippen molar-refractivity contribution in [2.45, 2.75) is 228 Å². The van der Waals surface area contributed by atoms with Gasteiger partial charge >= 0.3 is 0 Å². The molecule has 0 aliphatic rings. The van der Waals surface area contributed by atoms with Gasteiger partial charge in [-0.05, 0) is 91.7 Å². The molecular formula is C57H89BrN2O6. The number of benzene rings is 3. The van der Waals surface area contributed by atoms with Gasteiger partial charge in [0, 0.05) is 46.2 Å². The predicted molar refractivity (Wildman–Crippen MR) is 282 cm³/mol. The highest BCUT2D eigenvalue weighted by Crippen LogP contribution is 2.50. The normalized spacial score (nSPS) is 13.9. The van der Waals surface area contributed by atoms with Gasteiger partial charge in [0.2, 0.25) is 0 Å². The van der Waals surface area contributed by atoms with Crippen LogP contribution < -0.4 is 9.47 Å². The molecule has 3 rings (SSSR count). The van der Waals surface area contributed by atoms with Crippen molar-refractivity contribution in [2.75, 3.05) is 13.2 Å². The molecule has 8 nitrogen and oxygen atoms in total. The molecule has 2 N–H and O–H groups in total. The lowest BCUT2D eigenvalue weighted by Crippen LogP contribution is -2.44. The monoisotopic (exact) mass is 977 g/mol. The molecule has 0 amide bonds. The van der Waals surface area contributed by atoms with E-state index in [9.17, 15) is 20.3 Å². The van der Waals surface area contributed by atoms with Gasteiger partial charge in [0.05, 0.1) is 28.7 Å². The highest BCUT2D eigenvalue weighted by Gasteiger charge is 2.46. The number of hydrogen-bond donors (Lipinski definition) is 2. The van der Waals surface area contributed by atoms with E-state index in [2.05, 4.69) is 151 Å². The second-order valence-electron chi connectivity index (χ2n) is 23.0. The molecule has 0 fully saturated rings. The first-order valence-electron chi connectivity index (χ1n) is 25.2. The summed E-state index contributed by atoms with van der Waals surface area (Å²) >= 11 is 3.33. The Balaban J connectivity index is 2.56. The Morgan fingerprint density at radius 3 is 1.33 bits per heavy atom. The van der Waals surface area contributed by atoms with Gasteiger partial charge in [0.25, 0.3) is 5.69 Å². The number of aliphatic hydroxyl groups is 1. The third-order valence-electron chi connectivity index (χ3n) is 13.1. The smallest absolute Gasteiger partial charge is 0.271 e. The molecule has 0 heterocycles. The number of nitrogens with zero attached hydrogens (tertiary/aromatic N) is 2. The van der Waals surface area contributed by atoms with Crippen molar-refractivity contribution in [1.82, 2.24) is 0 Å². The second-order valence-corrected chi connectivity index (χ2v) is 23.9. The second kappa shape index (κ2) is 24.2. The van der Waals surface area contributed by atoms with Crippen LogP contribution in [0.1, 0.15) is 233 Å². The molecule has 0 aliphatic heterocycles. The standard InChI is InChI=1S/C57H89BrN2O6/c1-17-20-22-24-26-28-30-65-50-44(53(5,6)7)33-41(34-45(50)54(8,9)10)57(62,52(39(4)19-3)59-38-40-32-43(60(63)64)37-48(58)49(40)61)42-35-46(55(11,12)13)51(47(36-42)56(14,15)16)66-31-29-27-25-23-21-18-2/h32-39,52,61-62H,17-31H2,1-16H3. The fraction of sp³-hybridized carbons (Fsp3) is 0.667. The first kappa shape index (κ1) is 56.9. The topological polar surface area (TPSA) is 114 Å². The Hall–Kier alpha value is -3.43. The van der Waals surface area contributed by atoms with E-state index in [1.54, 1.807) is 0 Å². The molecule has 0 saturated carbocycles. The molecule has 0 radical (unpaired) electrons. The van der Waals surface area contributed by atoms with E-state index >= 15 is 0 Å². The first-order chi connectivity index (χ1) is 30.6. The zero-order valence-corrected chi connectivity index (χ0v) is 45.7. The lowest BCUT2D eigenvalue weighted by Gasteiger charge is -2.42. The Bertz CT molecular complexity index is 1900. The van der Waals surface area contributed by atoms with Crippen molar-refractivity contribution in [3.8, 4) is 17.2 Å². The largest absolute Gasteiger partial charge is 0.506 e. The highest BCUT2D eigenvalue weighted by atomic mass is 79.9. The fourth-order valence-electron chi connectivity index (χ4n) is 8.72. The lowest BCUT2D eigenvalue weighted by molar-refractivity contribution is -0.385. The average Bonchev–Trinajstić information content (AvgIpc) is 3.22. The minimum atomic E-state index is -1.75. The van der Waals surface area contributed by atoms with Gasteiger partial charge in [-0.3, -0.25) is 15.1 Å². The lowest BCUT2D eigenvalue weighted by atomic mass is 9.68. The van der Waals surface area contributed by atoms with E-state index in [1.165, 1.54) is 69.7 Å². The number of phenols is 1. The van der Waals surface area contributed by atoms with E-state index in [-0.39, 0.29) is 49.1 Å². The zero-order valence-electron chi connectivity index (χ0n) is 44.1. The third-order valence-corrected chi connectivity index (χ3v) is 13.7.